The molecule has 6 nitrogen and oxygen atoms in total. The van der Waals surface area contributed by atoms with Crippen LogP contribution in [0.25, 0.3) is 0 Å². The largest absolute Gasteiger partial charge is 0.368 e. The normalized spacial score (nSPS) is 20.4. The van der Waals surface area contributed by atoms with E-state index in [0.717, 1.165) is 49.0 Å². The third kappa shape index (κ3) is 6.22. The summed E-state index contributed by atoms with van der Waals surface area (Å²) in [5, 5.41) is 4.08. The zero-order chi connectivity index (χ0) is 18.4. The van der Waals surface area contributed by atoms with Crippen LogP contribution in [0.4, 0.5) is 0 Å². The number of rotatable bonds is 4. The SMILES string of the molecule is CCNC(=NCc1cccc(Cl)c1)N1CCN(C(=O)C2CCCO2)CC1.I. The van der Waals surface area contributed by atoms with Crippen molar-refractivity contribution in [2.45, 2.75) is 32.4 Å². The number of piperazine rings is 1. The molecule has 2 saturated heterocycles. The van der Waals surface area contributed by atoms with Crippen LogP contribution in [0.2, 0.25) is 5.02 Å². The second kappa shape index (κ2) is 11.1. The Kier molecular flexibility index (Phi) is 9.11. The smallest absolute Gasteiger partial charge is 0.251 e. The number of amides is 1. The summed E-state index contributed by atoms with van der Waals surface area (Å²) in [7, 11) is 0. The topological polar surface area (TPSA) is 57.2 Å². The van der Waals surface area contributed by atoms with Crippen LogP contribution >= 0.6 is 35.6 Å². The first-order valence-corrected chi connectivity index (χ1v) is 9.73. The van der Waals surface area contributed by atoms with E-state index in [2.05, 4.69) is 17.1 Å². The lowest BCUT2D eigenvalue weighted by Crippen LogP contribution is -2.55. The van der Waals surface area contributed by atoms with Gasteiger partial charge in [0.15, 0.2) is 5.96 Å². The first-order valence-electron chi connectivity index (χ1n) is 9.35. The van der Waals surface area contributed by atoms with Crippen LogP contribution in [0.15, 0.2) is 29.3 Å². The van der Waals surface area contributed by atoms with E-state index in [1.807, 2.05) is 29.2 Å². The number of aliphatic imine (C=N–C) groups is 1. The van der Waals surface area contributed by atoms with E-state index < -0.39 is 0 Å². The van der Waals surface area contributed by atoms with Gasteiger partial charge in [0.2, 0.25) is 0 Å². The van der Waals surface area contributed by atoms with Crippen LogP contribution in [0.3, 0.4) is 0 Å². The number of halogens is 2. The Morgan fingerprint density at radius 2 is 2.04 bits per heavy atom. The number of guanidine groups is 1. The Bertz CT molecular complexity index is 644. The van der Waals surface area contributed by atoms with Crippen molar-refractivity contribution in [1.29, 1.82) is 0 Å². The van der Waals surface area contributed by atoms with Gasteiger partial charge < -0.3 is 19.9 Å². The first-order chi connectivity index (χ1) is 12.7. The lowest BCUT2D eigenvalue weighted by molar-refractivity contribution is -0.142. The molecule has 1 amide bonds. The third-order valence-corrected chi connectivity index (χ3v) is 4.97. The van der Waals surface area contributed by atoms with Crippen LogP contribution in [0, 0.1) is 0 Å². The lowest BCUT2D eigenvalue weighted by atomic mass is 10.2. The number of carbonyl (C=O) groups excluding carboxylic acids is 1. The predicted octanol–water partition coefficient (Wildman–Crippen LogP) is 2.75. The predicted molar refractivity (Wildman–Crippen MR) is 119 cm³/mol. The van der Waals surface area contributed by atoms with Gasteiger partial charge in [0.25, 0.3) is 5.91 Å². The van der Waals surface area contributed by atoms with Crippen molar-refractivity contribution >= 4 is 47.4 Å². The van der Waals surface area contributed by atoms with Crippen molar-refractivity contribution in [3.63, 3.8) is 0 Å². The molecule has 3 rings (SSSR count). The van der Waals surface area contributed by atoms with Gasteiger partial charge in [0, 0.05) is 44.4 Å². The second-order valence-electron chi connectivity index (χ2n) is 6.61. The summed E-state index contributed by atoms with van der Waals surface area (Å²) in [6.07, 6.45) is 1.60. The molecule has 1 aromatic carbocycles. The maximum Gasteiger partial charge on any atom is 0.251 e. The third-order valence-electron chi connectivity index (χ3n) is 4.73. The van der Waals surface area contributed by atoms with E-state index in [1.54, 1.807) is 0 Å². The summed E-state index contributed by atoms with van der Waals surface area (Å²) >= 11 is 6.05. The Morgan fingerprint density at radius 1 is 1.30 bits per heavy atom. The fourth-order valence-electron chi connectivity index (χ4n) is 3.34. The van der Waals surface area contributed by atoms with E-state index in [-0.39, 0.29) is 36.0 Å². The molecule has 0 bridgehead atoms. The van der Waals surface area contributed by atoms with Crippen molar-refractivity contribution in [2.24, 2.45) is 4.99 Å². The standard InChI is InChI=1S/C19H27ClN4O2.HI/c1-2-21-19(22-14-15-5-3-6-16(20)13-15)24-10-8-23(9-11-24)18(25)17-7-4-12-26-17;/h3,5-6,13,17H,2,4,7-12,14H2,1H3,(H,21,22);1H. The average molecular weight is 507 g/mol. The molecular formula is C19H28ClIN4O2. The van der Waals surface area contributed by atoms with E-state index in [9.17, 15) is 4.79 Å². The molecule has 27 heavy (non-hydrogen) atoms. The number of carbonyl (C=O) groups is 1. The molecule has 2 aliphatic rings. The molecule has 2 fully saturated rings. The molecule has 2 aliphatic heterocycles. The highest BCUT2D eigenvalue weighted by molar-refractivity contribution is 14.0. The van der Waals surface area contributed by atoms with Crippen LogP contribution in [0.1, 0.15) is 25.3 Å². The molecule has 1 aromatic rings. The quantitative estimate of drug-likeness (QED) is 0.388. The minimum absolute atomic E-state index is 0. The van der Waals surface area contributed by atoms with Gasteiger partial charge in [-0.1, -0.05) is 23.7 Å². The Balaban J connectivity index is 0.00000261. The Labute approximate surface area is 183 Å². The average Bonchev–Trinajstić information content (AvgIpc) is 3.19. The number of benzene rings is 1. The molecule has 0 saturated carbocycles. The fraction of sp³-hybridized carbons (Fsp3) is 0.579. The van der Waals surface area contributed by atoms with Crippen molar-refractivity contribution in [3.8, 4) is 0 Å². The summed E-state index contributed by atoms with van der Waals surface area (Å²) in [5.74, 6) is 1.03. The van der Waals surface area contributed by atoms with Crippen LogP contribution in [-0.2, 0) is 16.1 Å². The first kappa shape index (κ1) is 22.2. The van der Waals surface area contributed by atoms with Gasteiger partial charge in [-0.3, -0.25) is 4.79 Å². The van der Waals surface area contributed by atoms with Gasteiger partial charge in [0.05, 0.1) is 6.54 Å². The van der Waals surface area contributed by atoms with Crippen molar-refractivity contribution in [3.05, 3.63) is 34.9 Å². The number of hydrogen-bond acceptors (Lipinski definition) is 3. The summed E-state index contributed by atoms with van der Waals surface area (Å²) in [5.41, 5.74) is 1.08. The highest BCUT2D eigenvalue weighted by Crippen LogP contribution is 2.16. The van der Waals surface area contributed by atoms with E-state index >= 15 is 0 Å². The number of ether oxygens (including phenoxy) is 1. The minimum Gasteiger partial charge on any atom is -0.368 e. The maximum atomic E-state index is 12.5. The summed E-state index contributed by atoms with van der Waals surface area (Å²) < 4.78 is 5.53. The molecule has 1 N–H and O–H groups in total. The monoisotopic (exact) mass is 506 g/mol. The summed E-state index contributed by atoms with van der Waals surface area (Å²) in [6, 6.07) is 7.77. The Hall–Kier alpha value is -1.06. The van der Waals surface area contributed by atoms with E-state index in [4.69, 9.17) is 21.3 Å². The van der Waals surface area contributed by atoms with Crippen LogP contribution in [0.5, 0.6) is 0 Å². The highest BCUT2D eigenvalue weighted by Gasteiger charge is 2.30. The summed E-state index contributed by atoms with van der Waals surface area (Å²) in [4.78, 5) is 21.3. The molecule has 1 unspecified atom stereocenters. The molecule has 0 spiro atoms. The fourth-order valence-corrected chi connectivity index (χ4v) is 3.55. The molecular weight excluding hydrogens is 479 g/mol. The minimum atomic E-state index is -0.230. The van der Waals surface area contributed by atoms with Gasteiger partial charge in [-0.2, -0.15) is 0 Å². The van der Waals surface area contributed by atoms with Gasteiger partial charge in [-0.25, -0.2) is 4.99 Å². The summed E-state index contributed by atoms with van der Waals surface area (Å²) in [6.45, 7) is 7.13. The molecule has 1 atom stereocenters. The van der Waals surface area contributed by atoms with Crippen molar-refractivity contribution in [2.75, 3.05) is 39.3 Å². The maximum absolute atomic E-state index is 12.5. The molecule has 8 heteroatoms. The van der Waals surface area contributed by atoms with Gasteiger partial charge >= 0.3 is 0 Å². The Morgan fingerprint density at radius 3 is 2.67 bits per heavy atom. The van der Waals surface area contributed by atoms with Gasteiger partial charge in [-0.15, -0.1) is 24.0 Å². The van der Waals surface area contributed by atoms with E-state index in [1.165, 1.54) is 0 Å². The van der Waals surface area contributed by atoms with Crippen LogP contribution in [-0.4, -0.2) is 67.1 Å². The molecule has 0 aliphatic carbocycles. The molecule has 150 valence electrons. The second-order valence-corrected chi connectivity index (χ2v) is 7.05. The molecule has 0 aromatic heterocycles. The van der Waals surface area contributed by atoms with Crippen molar-refractivity contribution in [1.82, 2.24) is 15.1 Å². The number of hydrogen-bond donors (Lipinski definition) is 1. The van der Waals surface area contributed by atoms with Crippen molar-refractivity contribution < 1.29 is 9.53 Å². The highest BCUT2D eigenvalue weighted by atomic mass is 127. The zero-order valence-electron chi connectivity index (χ0n) is 15.7. The zero-order valence-corrected chi connectivity index (χ0v) is 18.8. The lowest BCUT2D eigenvalue weighted by Gasteiger charge is -2.37. The molecule has 2 heterocycles. The van der Waals surface area contributed by atoms with Gasteiger partial charge in [-0.05, 0) is 37.5 Å². The molecule has 0 radical (unpaired) electrons. The van der Waals surface area contributed by atoms with Crippen LogP contribution < -0.4 is 5.32 Å². The van der Waals surface area contributed by atoms with E-state index in [0.29, 0.717) is 26.2 Å². The number of nitrogens with one attached hydrogen (secondary N) is 1. The van der Waals surface area contributed by atoms with Gasteiger partial charge in [0.1, 0.15) is 6.10 Å². The number of nitrogens with zero attached hydrogens (tertiary/aromatic N) is 3.